The normalized spacial score (nSPS) is 17.5. The van der Waals surface area contributed by atoms with Gasteiger partial charge in [-0.05, 0) is 37.0 Å². The minimum Gasteiger partial charge on any atom is -0.376 e. The zero-order valence-electron chi connectivity index (χ0n) is 14.6. The number of nitrogens with zero attached hydrogens (tertiary/aromatic N) is 4. The first kappa shape index (κ1) is 17.4. The standard InChI is InChI=1S/C18H25N5O2/c1-2-10-25-17-4-3-9-22(12-17)18(24)20-11-15-5-7-16(8-6-15)23-14-19-13-21-23/h5-8,13-14,17H,2-4,9-12H2,1H3,(H,20,24). The minimum absolute atomic E-state index is 0.0230. The van der Waals surface area contributed by atoms with E-state index in [0.29, 0.717) is 13.1 Å². The number of carbonyl (C=O) groups is 1. The van der Waals surface area contributed by atoms with E-state index < -0.39 is 0 Å². The summed E-state index contributed by atoms with van der Waals surface area (Å²) in [5.74, 6) is 0. The van der Waals surface area contributed by atoms with Crippen LogP contribution in [0.15, 0.2) is 36.9 Å². The molecule has 7 heteroatoms. The third-order valence-corrected chi connectivity index (χ3v) is 4.29. The molecule has 0 spiro atoms. The average Bonchev–Trinajstić information content (AvgIpc) is 3.20. The minimum atomic E-state index is -0.0230. The lowest BCUT2D eigenvalue weighted by atomic mass is 10.1. The molecule has 134 valence electrons. The summed E-state index contributed by atoms with van der Waals surface area (Å²) in [5, 5.41) is 7.09. The van der Waals surface area contributed by atoms with Crippen LogP contribution in [0.25, 0.3) is 5.69 Å². The highest BCUT2D eigenvalue weighted by Gasteiger charge is 2.23. The van der Waals surface area contributed by atoms with Crippen molar-refractivity contribution in [2.24, 2.45) is 0 Å². The zero-order chi connectivity index (χ0) is 17.5. The van der Waals surface area contributed by atoms with Crippen molar-refractivity contribution >= 4 is 6.03 Å². The molecule has 0 bridgehead atoms. The fraction of sp³-hybridized carbons (Fsp3) is 0.500. The number of carbonyl (C=O) groups excluding carboxylic acids is 1. The van der Waals surface area contributed by atoms with E-state index in [4.69, 9.17) is 4.74 Å². The molecule has 1 saturated heterocycles. The fourth-order valence-electron chi connectivity index (χ4n) is 2.94. The van der Waals surface area contributed by atoms with Crippen molar-refractivity contribution in [1.29, 1.82) is 0 Å². The number of urea groups is 1. The number of amides is 2. The number of nitrogens with one attached hydrogen (secondary N) is 1. The maximum atomic E-state index is 12.4. The third-order valence-electron chi connectivity index (χ3n) is 4.29. The van der Waals surface area contributed by atoms with Crippen molar-refractivity contribution < 1.29 is 9.53 Å². The van der Waals surface area contributed by atoms with E-state index >= 15 is 0 Å². The summed E-state index contributed by atoms with van der Waals surface area (Å²) in [6.07, 6.45) is 6.37. The van der Waals surface area contributed by atoms with Gasteiger partial charge < -0.3 is 15.0 Å². The Balaban J connectivity index is 1.48. The van der Waals surface area contributed by atoms with Crippen LogP contribution in [0.2, 0.25) is 0 Å². The maximum absolute atomic E-state index is 12.4. The molecule has 1 aliphatic heterocycles. The molecule has 2 aromatic rings. The molecule has 0 aliphatic carbocycles. The van der Waals surface area contributed by atoms with Crippen LogP contribution in [-0.4, -0.2) is 51.5 Å². The van der Waals surface area contributed by atoms with Crippen molar-refractivity contribution in [3.8, 4) is 5.69 Å². The summed E-state index contributed by atoms with van der Waals surface area (Å²) < 4.78 is 7.49. The Morgan fingerprint density at radius 3 is 2.92 bits per heavy atom. The Bertz CT molecular complexity index is 657. The van der Waals surface area contributed by atoms with Crippen LogP contribution in [-0.2, 0) is 11.3 Å². The summed E-state index contributed by atoms with van der Waals surface area (Å²) in [6.45, 7) is 4.84. The molecule has 25 heavy (non-hydrogen) atoms. The maximum Gasteiger partial charge on any atom is 0.317 e. The lowest BCUT2D eigenvalue weighted by Crippen LogP contribution is -2.47. The molecule has 3 rings (SSSR count). The number of benzene rings is 1. The van der Waals surface area contributed by atoms with Gasteiger partial charge in [-0.2, -0.15) is 5.10 Å². The lowest BCUT2D eigenvalue weighted by molar-refractivity contribution is 0.0100. The zero-order valence-corrected chi connectivity index (χ0v) is 14.6. The summed E-state index contributed by atoms with van der Waals surface area (Å²) >= 11 is 0. The van der Waals surface area contributed by atoms with Crippen LogP contribution in [0.5, 0.6) is 0 Å². The van der Waals surface area contributed by atoms with Gasteiger partial charge in [-0.3, -0.25) is 0 Å². The predicted molar refractivity (Wildman–Crippen MR) is 94.4 cm³/mol. The Morgan fingerprint density at radius 2 is 2.20 bits per heavy atom. The molecule has 1 unspecified atom stereocenters. The van der Waals surface area contributed by atoms with Crippen LogP contribution in [0.3, 0.4) is 0 Å². The van der Waals surface area contributed by atoms with Crippen molar-refractivity contribution in [2.45, 2.75) is 38.8 Å². The monoisotopic (exact) mass is 343 g/mol. The Morgan fingerprint density at radius 1 is 1.36 bits per heavy atom. The quantitative estimate of drug-likeness (QED) is 0.874. The lowest BCUT2D eigenvalue weighted by Gasteiger charge is -2.32. The molecular weight excluding hydrogens is 318 g/mol. The third kappa shape index (κ3) is 4.79. The number of aromatic nitrogens is 3. The molecule has 1 aliphatic rings. The molecule has 0 radical (unpaired) electrons. The van der Waals surface area contributed by atoms with Gasteiger partial charge in [0.05, 0.1) is 11.8 Å². The Kier molecular flexibility index (Phi) is 6.00. The van der Waals surface area contributed by atoms with Crippen molar-refractivity contribution in [2.75, 3.05) is 19.7 Å². The van der Waals surface area contributed by atoms with Gasteiger partial charge in [0, 0.05) is 26.2 Å². The van der Waals surface area contributed by atoms with E-state index in [-0.39, 0.29) is 12.1 Å². The van der Waals surface area contributed by atoms with Crippen LogP contribution in [0.4, 0.5) is 4.79 Å². The van der Waals surface area contributed by atoms with Crippen molar-refractivity contribution in [3.05, 3.63) is 42.5 Å². The number of ether oxygens (including phenoxy) is 1. The largest absolute Gasteiger partial charge is 0.376 e. The summed E-state index contributed by atoms with van der Waals surface area (Å²) in [7, 11) is 0. The number of hydrogen-bond donors (Lipinski definition) is 1. The van der Waals surface area contributed by atoms with Crippen LogP contribution >= 0.6 is 0 Å². The Hall–Kier alpha value is -2.41. The van der Waals surface area contributed by atoms with Crippen LogP contribution < -0.4 is 5.32 Å². The van der Waals surface area contributed by atoms with Crippen LogP contribution in [0, 0.1) is 0 Å². The first-order chi connectivity index (χ1) is 12.3. The van der Waals surface area contributed by atoms with Gasteiger partial charge in [-0.15, -0.1) is 0 Å². The summed E-state index contributed by atoms with van der Waals surface area (Å²) in [6, 6.07) is 7.88. The Labute approximate surface area is 148 Å². The van der Waals surface area contributed by atoms with Crippen molar-refractivity contribution in [1.82, 2.24) is 25.0 Å². The number of rotatable bonds is 6. The number of likely N-dealkylation sites (tertiary alicyclic amines) is 1. The van der Waals surface area contributed by atoms with E-state index in [1.54, 1.807) is 11.0 Å². The SMILES string of the molecule is CCCOC1CCCN(C(=O)NCc2ccc(-n3cncn3)cc2)C1. The number of piperidine rings is 1. The molecule has 1 fully saturated rings. The van der Waals surface area contributed by atoms with E-state index in [0.717, 1.165) is 43.7 Å². The molecule has 1 N–H and O–H groups in total. The highest BCUT2D eigenvalue weighted by molar-refractivity contribution is 5.74. The summed E-state index contributed by atoms with van der Waals surface area (Å²) in [5.41, 5.74) is 1.99. The predicted octanol–water partition coefficient (Wildman–Crippen LogP) is 2.37. The molecule has 1 aromatic carbocycles. The summed E-state index contributed by atoms with van der Waals surface area (Å²) in [4.78, 5) is 18.2. The molecule has 1 atom stereocenters. The second kappa shape index (κ2) is 8.62. The second-order valence-corrected chi connectivity index (χ2v) is 6.25. The van der Waals surface area contributed by atoms with Gasteiger partial charge in [0.15, 0.2) is 0 Å². The average molecular weight is 343 g/mol. The van der Waals surface area contributed by atoms with Crippen LogP contribution in [0.1, 0.15) is 31.7 Å². The molecular formula is C18H25N5O2. The topological polar surface area (TPSA) is 72.3 Å². The highest BCUT2D eigenvalue weighted by atomic mass is 16.5. The first-order valence-electron chi connectivity index (χ1n) is 8.84. The van der Waals surface area contributed by atoms with Gasteiger partial charge in [0.25, 0.3) is 0 Å². The first-order valence-corrected chi connectivity index (χ1v) is 8.84. The number of hydrogen-bond acceptors (Lipinski definition) is 4. The highest BCUT2D eigenvalue weighted by Crippen LogP contribution is 2.14. The van der Waals surface area contributed by atoms with E-state index in [9.17, 15) is 4.79 Å². The molecule has 2 amide bonds. The van der Waals surface area contributed by atoms with E-state index in [1.807, 2.05) is 29.2 Å². The van der Waals surface area contributed by atoms with Gasteiger partial charge in [0.1, 0.15) is 12.7 Å². The van der Waals surface area contributed by atoms with Gasteiger partial charge in [0.2, 0.25) is 0 Å². The van der Waals surface area contributed by atoms with Gasteiger partial charge in [-0.25, -0.2) is 14.5 Å². The van der Waals surface area contributed by atoms with Crippen molar-refractivity contribution in [3.63, 3.8) is 0 Å². The smallest absolute Gasteiger partial charge is 0.317 e. The fourth-order valence-corrected chi connectivity index (χ4v) is 2.94. The molecule has 7 nitrogen and oxygen atoms in total. The van der Waals surface area contributed by atoms with E-state index in [1.165, 1.54) is 6.33 Å². The van der Waals surface area contributed by atoms with Gasteiger partial charge >= 0.3 is 6.03 Å². The molecule has 1 aromatic heterocycles. The van der Waals surface area contributed by atoms with Gasteiger partial charge in [-0.1, -0.05) is 19.1 Å². The molecule has 0 saturated carbocycles. The second-order valence-electron chi connectivity index (χ2n) is 6.25. The molecule has 2 heterocycles. The van der Waals surface area contributed by atoms with E-state index in [2.05, 4.69) is 22.3 Å².